The molecule has 1 N–H and O–H groups in total. The lowest BCUT2D eigenvalue weighted by Crippen LogP contribution is -2.38. The number of benzene rings is 1. The minimum atomic E-state index is -0.371. The van der Waals surface area contributed by atoms with Crippen molar-refractivity contribution >= 4 is 35.1 Å². The smallest absolute Gasteiger partial charge is 0.339 e. The number of aryl methyl sites for hydroxylation is 1. The van der Waals surface area contributed by atoms with Crippen LogP contribution in [0.25, 0.3) is 0 Å². The topological polar surface area (TPSA) is 74.8 Å². The first kappa shape index (κ1) is 23.9. The first-order valence-corrected chi connectivity index (χ1v) is 11.6. The number of nitrogens with one attached hydrogen (secondary N) is 1. The predicted molar refractivity (Wildman–Crippen MR) is 128 cm³/mol. The maximum Gasteiger partial charge on any atom is 0.339 e. The molecule has 0 bridgehead atoms. The van der Waals surface area contributed by atoms with Gasteiger partial charge in [-0.25, -0.2) is 14.6 Å². The summed E-state index contributed by atoms with van der Waals surface area (Å²) in [6.45, 7) is 8.91. The molecule has 172 valence electrons. The summed E-state index contributed by atoms with van der Waals surface area (Å²) in [5.41, 5.74) is 3.33. The number of ether oxygens (including phenoxy) is 1. The lowest BCUT2D eigenvalue weighted by atomic mass is 10.0. The van der Waals surface area contributed by atoms with Gasteiger partial charge >= 0.3 is 12.0 Å². The number of hydrogen-bond donors (Lipinski definition) is 1. The van der Waals surface area contributed by atoms with Crippen LogP contribution in [-0.2, 0) is 17.6 Å². The molecule has 0 spiro atoms. The molecule has 3 rings (SSSR count). The van der Waals surface area contributed by atoms with E-state index in [0.717, 1.165) is 48.4 Å². The van der Waals surface area contributed by atoms with Crippen molar-refractivity contribution < 1.29 is 14.3 Å². The molecule has 1 aliphatic rings. The maximum absolute atomic E-state index is 13.1. The van der Waals surface area contributed by atoms with Crippen molar-refractivity contribution in [3.05, 3.63) is 52.2 Å². The van der Waals surface area contributed by atoms with E-state index in [1.807, 2.05) is 30.0 Å². The van der Waals surface area contributed by atoms with Crippen LogP contribution in [0.15, 0.2) is 30.5 Å². The molecule has 0 saturated carbocycles. The highest BCUT2D eigenvalue weighted by molar-refractivity contribution is 6.32. The number of aromatic nitrogens is 1. The number of carbonyl (C=O) groups excluding carboxylic acids is 2. The third-order valence-corrected chi connectivity index (χ3v) is 6.03. The number of pyridine rings is 1. The van der Waals surface area contributed by atoms with Crippen molar-refractivity contribution in [2.45, 2.75) is 40.0 Å². The van der Waals surface area contributed by atoms with E-state index in [4.69, 9.17) is 16.3 Å². The predicted octanol–water partition coefficient (Wildman–Crippen LogP) is 4.78. The minimum absolute atomic E-state index is 0.107. The fraction of sp³-hybridized carbons (Fsp3) is 0.458. The van der Waals surface area contributed by atoms with E-state index in [2.05, 4.69) is 22.1 Å². The number of urea groups is 1. The molecule has 2 amide bonds. The van der Waals surface area contributed by atoms with E-state index in [1.165, 1.54) is 0 Å². The van der Waals surface area contributed by atoms with Gasteiger partial charge in [0.05, 0.1) is 17.9 Å². The largest absolute Gasteiger partial charge is 0.462 e. The molecule has 1 aromatic carbocycles. The third kappa shape index (κ3) is 5.51. The molecule has 1 fully saturated rings. The second kappa shape index (κ2) is 11.2. The van der Waals surface area contributed by atoms with Crippen molar-refractivity contribution in [3.63, 3.8) is 0 Å². The van der Waals surface area contributed by atoms with E-state index < -0.39 is 0 Å². The lowest BCUT2D eigenvalue weighted by molar-refractivity contribution is 0.0526. The van der Waals surface area contributed by atoms with Gasteiger partial charge in [0.15, 0.2) is 0 Å². The number of halogens is 1. The van der Waals surface area contributed by atoms with E-state index in [0.29, 0.717) is 36.8 Å². The highest BCUT2D eigenvalue weighted by Gasteiger charge is 2.22. The normalized spacial score (nSPS) is 14.1. The number of esters is 1. The number of nitrogens with zero attached hydrogens (tertiary/aromatic N) is 3. The second-order valence-electron chi connectivity index (χ2n) is 7.65. The van der Waals surface area contributed by atoms with Crippen LogP contribution in [0.2, 0.25) is 5.02 Å². The zero-order chi connectivity index (χ0) is 23.1. The van der Waals surface area contributed by atoms with Crippen molar-refractivity contribution in [1.29, 1.82) is 0 Å². The first-order valence-electron chi connectivity index (χ1n) is 11.2. The van der Waals surface area contributed by atoms with Crippen LogP contribution in [0.1, 0.15) is 48.7 Å². The summed E-state index contributed by atoms with van der Waals surface area (Å²) in [6.07, 6.45) is 3.94. The Morgan fingerprint density at radius 3 is 2.53 bits per heavy atom. The summed E-state index contributed by atoms with van der Waals surface area (Å²) in [5.74, 6) is 0.417. The van der Waals surface area contributed by atoms with Gasteiger partial charge in [-0.1, -0.05) is 31.5 Å². The summed E-state index contributed by atoms with van der Waals surface area (Å²) in [6, 6.07) is 7.33. The Hall–Kier alpha value is -2.80. The zero-order valence-corrected chi connectivity index (χ0v) is 19.7. The van der Waals surface area contributed by atoms with Crippen LogP contribution < -0.4 is 10.2 Å². The molecule has 0 unspecified atom stereocenters. The molecule has 0 aliphatic carbocycles. The van der Waals surface area contributed by atoms with E-state index >= 15 is 0 Å². The first-order chi connectivity index (χ1) is 15.5. The molecule has 7 nitrogen and oxygen atoms in total. The number of rotatable bonds is 6. The SMILES string of the molecule is CCOC(=O)c1ccc(N2CCCN(C(=O)Nc3c(CC)ccc(Cl)c3CC)CC2)nc1. The molecular weight excluding hydrogens is 428 g/mol. The number of hydrogen-bond acceptors (Lipinski definition) is 5. The van der Waals surface area contributed by atoms with E-state index in [1.54, 1.807) is 19.2 Å². The zero-order valence-electron chi connectivity index (χ0n) is 19.0. The average molecular weight is 459 g/mol. The number of carbonyl (C=O) groups is 2. The summed E-state index contributed by atoms with van der Waals surface area (Å²) < 4.78 is 5.01. The van der Waals surface area contributed by atoms with Gasteiger partial charge in [-0.3, -0.25) is 0 Å². The number of amides is 2. The van der Waals surface area contributed by atoms with Gasteiger partial charge in [-0.15, -0.1) is 0 Å². The fourth-order valence-electron chi connectivity index (χ4n) is 3.91. The summed E-state index contributed by atoms with van der Waals surface area (Å²) in [5, 5.41) is 3.80. The fourth-order valence-corrected chi connectivity index (χ4v) is 4.20. The second-order valence-corrected chi connectivity index (χ2v) is 8.06. The molecule has 2 aromatic rings. The quantitative estimate of drug-likeness (QED) is 0.630. The van der Waals surface area contributed by atoms with Crippen LogP contribution in [-0.4, -0.2) is 54.7 Å². The van der Waals surface area contributed by atoms with Crippen LogP contribution >= 0.6 is 11.6 Å². The van der Waals surface area contributed by atoms with Crippen molar-refractivity contribution in [1.82, 2.24) is 9.88 Å². The summed E-state index contributed by atoms with van der Waals surface area (Å²) in [7, 11) is 0. The highest BCUT2D eigenvalue weighted by Crippen LogP contribution is 2.30. The highest BCUT2D eigenvalue weighted by atomic mass is 35.5. The molecule has 1 aromatic heterocycles. The summed E-state index contributed by atoms with van der Waals surface area (Å²) >= 11 is 6.38. The molecule has 32 heavy (non-hydrogen) atoms. The molecule has 8 heteroatoms. The van der Waals surface area contributed by atoms with Crippen molar-refractivity contribution in [2.24, 2.45) is 0 Å². The van der Waals surface area contributed by atoms with E-state index in [9.17, 15) is 9.59 Å². The standard InChI is InChI=1S/C24H31ClN4O3/c1-4-17-8-10-20(25)19(5-2)22(17)27-24(31)29-13-7-12-28(14-15-29)21-11-9-18(16-26-21)23(30)32-6-3/h8-11,16H,4-7,12-15H2,1-3H3,(H,27,31). The average Bonchev–Trinajstić information content (AvgIpc) is 3.06. The monoisotopic (exact) mass is 458 g/mol. The van der Waals surface area contributed by atoms with Gasteiger partial charge in [-0.2, -0.15) is 0 Å². The molecule has 0 atom stereocenters. The Bertz CT molecular complexity index is 949. The Balaban J connectivity index is 1.66. The van der Waals surface area contributed by atoms with Gasteiger partial charge < -0.3 is 19.9 Å². The van der Waals surface area contributed by atoms with Crippen LogP contribution in [0.3, 0.4) is 0 Å². The molecule has 1 saturated heterocycles. The Labute approximate surface area is 194 Å². The Morgan fingerprint density at radius 1 is 1.06 bits per heavy atom. The van der Waals surface area contributed by atoms with Gasteiger partial charge in [-0.05, 0) is 55.5 Å². The van der Waals surface area contributed by atoms with Crippen LogP contribution in [0.5, 0.6) is 0 Å². The third-order valence-electron chi connectivity index (χ3n) is 5.67. The maximum atomic E-state index is 13.1. The van der Waals surface area contributed by atoms with Crippen LogP contribution in [0, 0.1) is 0 Å². The van der Waals surface area contributed by atoms with Gasteiger partial charge in [0.25, 0.3) is 0 Å². The van der Waals surface area contributed by atoms with Crippen molar-refractivity contribution in [3.8, 4) is 0 Å². The molecule has 0 radical (unpaired) electrons. The van der Waals surface area contributed by atoms with Crippen LogP contribution in [0.4, 0.5) is 16.3 Å². The molecule has 1 aliphatic heterocycles. The lowest BCUT2D eigenvalue weighted by Gasteiger charge is -2.24. The van der Waals surface area contributed by atoms with Gasteiger partial charge in [0.1, 0.15) is 5.82 Å². The molecular formula is C24H31ClN4O3. The summed E-state index contributed by atoms with van der Waals surface area (Å²) in [4.78, 5) is 33.3. The van der Waals surface area contributed by atoms with Gasteiger partial charge in [0.2, 0.25) is 0 Å². The van der Waals surface area contributed by atoms with E-state index in [-0.39, 0.29) is 12.0 Å². The molecule has 2 heterocycles. The van der Waals surface area contributed by atoms with Gasteiger partial charge in [0, 0.05) is 37.4 Å². The minimum Gasteiger partial charge on any atom is -0.462 e. The Kier molecular flexibility index (Phi) is 8.33. The van der Waals surface area contributed by atoms with Crippen molar-refractivity contribution in [2.75, 3.05) is 43.0 Å². The Morgan fingerprint density at radius 2 is 1.88 bits per heavy atom. The number of anilines is 2.